The van der Waals surface area contributed by atoms with Crippen molar-refractivity contribution in [3.8, 4) is 0 Å². The second-order valence-corrected chi connectivity index (χ2v) is 18.0. The van der Waals surface area contributed by atoms with Crippen molar-refractivity contribution in [2.45, 2.75) is 271 Å². The lowest BCUT2D eigenvalue weighted by Crippen LogP contribution is -2.20. The topological polar surface area (TPSA) is 40.5 Å². The Bertz CT molecular complexity index is 919. The van der Waals surface area contributed by atoms with Gasteiger partial charge >= 0.3 is 5.97 Å². The number of hydrogen-bond donors (Lipinski definition) is 1. The summed E-state index contributed by atoms with van der Waals surface area (Å²) in [6, 6.07) is 0. The Morgan fingerprint density at radius 3 is 0.931 bits per heavy atom. The van der Waals surface area contributed by atoms with Gasteiger partial charge < -0.3 is 10.0 Å². The lowest BCUT2D eigenvalue weighted by Gasteiger charge is -2.16. The number of hydrogen-bond acceptors (Lipinski definition) is 2. The van der Waals surface area contributed by atoms with E-state index in [2.05, 4.69) is 74.4 Å². The number of allylic oxidation sites excluding steroid dienone is 8. The molecule has 0 aromatic rings. The van der Waals surface area contributed by atoms with Crippen molar-refractivity contribution >= 4 is 5.97 Å². The van der Waals surface area contributed by atoms with Crippen LogP contribution in [0.1, 0.15) is 271 Å². The van der Waals surface area contributed by atoms with Crippen LogP contribution in [0.3, 0.4) is 0 Å². The van der Waals surface area contributed by atoms with Crippen molar-refractivity contribution in [3.05, 3.63) is 48.6 Å². The molecule has 0 bridgehead atoms. The van der Waals surface area contributed by atoms with E-state index in [4.69, 9.17) is 0 Å². The van der Waals surface area contributed by atoms with Crippen molar-refractivity contribution in [1.82, 2.24) is 4.90 Å². The lowest BCUT2D eigenvalue weighted by molar-refractivity contribution is -0.142. The third-order valence-electron chi connectivity index (χ3n) is 12.2. The summed E-state index contributed by atoms with van der Waals surface area (Å²) in [5, 5.41) is 9.71. The molecule has 0 heterocycles. The Hall–Kier alpha value is -1.61. The van der Waals surface area contributed by atoms with E-state index >= 15 is 0 Å². The lowest BCUT2D eigenvalue weighted by atomic mass is 9.94. The average Bonchev–Trinajstić information content (AvgIpc) is 3.22. The van der Waals surface area contributed by atoms with Crippen LogP contribution in [-0.2, 0) is 4.79 Å². The molecule has 1 unspecified atom stereocenters. The van der Waals surface area contributed by atoms with Gasteiger partial charge in [0.05, 0.1) is 5.92 Å². The predicted molar refractivity (Wildman–Crippen MR) is 261 cm³/mol. The first-order chi connectivity index (χ1) is 28.6. The van der Waals surface area contributed by atoms with Crippen LogP contribution in [-0.4, -0.2) is 36.1 Å². The van der Waals surface area contributed by atoms with Crippen LogP contribution in [0.15, 0.2) is 48.6 Å². The van der Waals surface area contributed by atoms with Crippen molar-refractivity contribution in [2.75, 3.05) is 20.1 Å². The van der Waals surface area contributed by atoms with Crippen molar-refractivity contribution in [1.29, 1.82) is 0 Å². The maximum atomic E-state index is 11.8. The van der Waals surface area contributed by atoms with Gasteiger partial charge in [0.15, 0.2) is 0 Å². The molecule has 3 nitrogen and oxygen atoms in total. The van der Waals surface area contributed by atoms with Gasteiger partial charge in [0.1, 0.15) is 0 Å². The van der Waals surface area contributed by atoms with Crippen LogP contribution in [0.5, 0.6) is 0 Å². The minimum absolute atomic E-state index is 0.122. The maximum Gasteiger partial charge on any atom is 0.306 e. The molecular weight excluding hydrogens is 707 g/mol. The van der Waals surface area contributed by atoms with Gasteiger partial charge in [-0.25, -0.2) is 0 Å². The number of carbonyl (C=O) groups is 1. The third kappa shape index (κ3) is 47.1. The minimum atomic E-state index is -0.566. The van der Waals surface area contributed by atoms with E-state index < -0.39 is 5.97 Å². The minimum Gasteiger partial charge on any atom is -0.481 e. The third-order valence-corrected chi connectivity index (χ3v) is 12.2. The van der Waals surface area contributed by atoms with Gasteiger partial charge in [-0.15, -0.1) is 0 Å². The van der Waals surface area contributed by atoms with E-state index in [0.29, 0.717) is 0 Å². The van der Waals surface area contributed by atoms with E-state index in [0.717, 1.165) is 38.5 Å². The van der Waals surface area contributed by atoms with E-state index in [9.17, 15) is 9.90 Å². The molecule has 0 spiro atoms. The number of aliphatic carboxylic acids is 1. The molecule has 0 aromatic carbocycles. The fourth-order valence-electron chi connectivity index (χ4n) is 8.15. The second kappa shape index (κ2) is 49.8. The van der Waals surface area contributed by atoms with E-state index in [1.165, 1.54) is 231 Å². The SMILES string of the molecule is CCCCC/C=C\C/C=C\CCCCCCCCC(CCCCCCCCCCCCCCCCN(C)CCCCCCCC/C=C\C/C=C\CCCCC)C(=O)O. The number of rotatable bonds is 48. The van der Waals surface area contributed by atoms with Gasteiger partial charge in [0.25, 0.3) is 0 Å². The van der Waals surface area contributed by atoms with Crippen LogP contribution in [0.2, 0.25) is 0 Å². The molecule has 0 rings (SSSR count). The molecule has 1 atom stereocenters. The summed E-state index contributed by atoms with van der Waals surface area (Å²) in [4.78, 5) is 14.4. The molecule has 340 valence electrons. The first-order valence-corrected chi connectivity index (χ1v) is 26.1. The van der Waals surface area contributed by atoms with Crippen LogP contribution in [0.4, 0.5) is 0 Å². The molecule has 0 aliphatic rings. The fraction of sp³-hybridized carbons (Fsp3) is 0.836. The molecule has 0 radical (unpaired) electrons. The highest BCUT2D eigenvalue weighted by Crippen LogP contribution is 2.20. The molecule has 0 amide bonds. The fourth-order valence-corrected chi connectivity index (χ4v) is 8.15. The molecular formula is C55H103NO2. The molecule has 0 saturated heterocycles. The molecule has 3 heteroatoms. The van der Waals surface area contributed by atoms with Gasteiger partial charge in [-0.3, -0.25) is 4.79 Å². The standard InChI is InChI=1S/C55H103NO2/c1-4-6-8-10-12-14-16-18-20-22-26-30-34-38-42-46-50-54(55(57)58)51-47-43-39-35-31-27-23-25-29-33-37-41-45-49-53-56(3)52-48-44-40-36-32-28-24-21-19-17-15-13-11-9-7-5-2/h12-15,18-21,54H,4-11,16-17,22-53H2,1-3H3,(H,57,58)/b14-12-,15-13-,20-18-,21-19-. The number of carboxylic acid groups (broad SMARTS) is 1. The number of unbranched alkanes of at least 4 members (excludes halogenated alkanes) is 31. The molecule has 0 aliphatic heterocycles. The quantitative estimate of drug-likeness (QED) is 0.0492. The van der Waals surface area contributed by atoms with Gasteiger partial charge in [-0.05, 0) is 110 Å². The smallest absolute Gasteiger partial charge is 0.306 e. The van der Waals surface area contributed by atoms with E-state index in [1.54, 1.807) is 0 Å². The molecule has 58 heavy (non-hydrogen) atoms. The maximum absolute atomic E-state index is 11.8. The van der Waals surface area contributed by atoms with E-state index in [-0.39, 0.29) is 5.92 Å². The highest BCUT2D eigenvalue weighted by atomic mass is 16.4. The summed E-state index contributed by atoms with van der Waals surface area (Å²) < 4.78 is 0. The van der Waals surface area contributed by atoms with Gasteiger partial charge in [-0.2, -0.15) is 0 Å². The number of carboxylic acids is 1. The summed E-state index contributed by atoms with van der Waals surface area (Å²) >= 11 is 0. The Morgan fingerprint density at radius 1 is 0.379 bits per heavy atom. The summed E-state index contributed by atoms with van der Waals surface area (Å²) in [6.45, 7) is 7.08. The van der Waals surface area contributed by atoms with Gasteiger partial charge in [-0.1, -0.05) is 229 Å². The zero-order valence-electron chi connectivity index (χ0n) is 39.7. The van der Waals surface area contributed by atoms with Crippen LogP contribution in [0, 0.1) is 5.92 Å². The summed E-state index contributed by atoms with van der Waals surface area (Å²) in [5.74, 6) is -0.688. The predicted octanol–water partition coefficient (Wildman–Crippen LogP) is 18.5. The monoisotopic (exact) mass is 810 g/mol. The first-order valence-electron chi connectivity index (χ1n) is 26.1. The normalized spacial score (nSPS) is 12.8. The highest BCUT2D eigenvalue weighted by Gasteiger charge is 2.16. The largest absolute Gasteiger partial charge is 0.481 e. The van der Waals surface area contributed by atoms with Crippen molar-refractivity contribution in [3.63, 3.8) is 0 Å². The Kier molecular flexibility index (Phi) is 48.4. The van der Waals surface area contributed by atoms with E-state index in [1.807, 2.05) is 0 Å². The van der Waals surface area contributed by atoms with Crippen LogP contribution < -0.4 is 0 Å². The van der Waals surface area contributed by atoms with Crippen molar-refractivity contribution in [2.24, 2.45) is 5.92 Å². The van der Waals surface area contributed by atoms with Gasteiger partial charge in [0, 0.05) is 0 Å². The zero-order valence-corrected chi connectivity index (χ0v) is 39.7. The average molecular weight is 810 g/mol. The second-order valence-electron chi connectivity index (χ2n) is 18.0. The summed E-state index contributed by atoms with van der Waals surface area (Å²) in [5.41, 5.74) is 0. The van der Waals surface area contributed by atoms with Crippen LogP contribution in [0.25, 0.3) is 0 Å². The van der Waals surface area contributed by atoms with Gasteiger partial charge in [0.2, 0.25) is 0 Å². The molecule has 0 saturated carbocycles. The first kappa shape index (κ1) is 56.4. The molecule has 0 fully saturated rings. The van der Waals surface area contributed by atoms with Crippen LogP contribution >= 0.6 is 0 Å². The Labute approximate surface area is 364 Å². The Morgan fingerprint density at radius 2 is 0.638 bits per heavy atom. The zero-order chi connectivity index (χ0) is 42.1. The molecule has 0 aromatic heterocycles. The summed E-state index contributed by atoms with van der Waals surface area (Å²) in [6.07, 6.45) is 70.2. The molecule has 1 N–H and O–H groups in total. The number of nitrogens with zero attached hydrogens (tertiary/aromatic N) is 1. The van der Waals surface area contributed by atoms with Crippen molar-refractivity contribution < 1.29 is 9.90 Å². The Balaban J connectivity index is 3.42. The highest BCUT2D eigenvalue weighted by molar-refractivity contribution is 5.69. The summed E-state index contributed by atoms with van der Waals surface area (Å²) in [7, 11) is 2.32. The molecule has 0 aliphatic carbocycles.